The van der Waals surface area contributed by atoms with Gasteiger partial charge in [0.2, 0.25) is 5.78 Å². The standard InChI is InChI=1S/C21H23Cl2N3OS/c1-14-12-15-13-18(20(27)16-4-3-5-17(22)19(16)23)28-21(15)26(14)11-10-25-8-6-24(2)7-9-25/h3-5,12-13H,6-11H2,1-2H3. The summed E-state index contributed by atoms with van der Waals surface area (Å²) in [5.74, 6) is -0.0722. The van der Waals surface area contributed by atoms with Crippen LogP contribution in [0.4, 0.5) is 0 Å². The topological polar surface area (TPSA) is 28.5 Å². The lowest BCUT2D eigenvalue weighted by Gasteiger charge is -2.32. The third-order valence-electron chi connectivity index (χ3n) is 5.43. The number of thiophene rings is 1. The van der Waals surface area contributed by atoms with E-state index < -0.39 is 0 Å². The maximum atomic E-state index is 13.0. The number of ketones is 1. The number of halogens is 2. The van der Waals surface area contributed by atoms with Gasteiger partial charge in [0.25, 0.3) is 0 Å². The van der Waals surface area contributed by atoms with Crippen molar-refractivity contribution in [1.29, 1.82) is 0 Å². The SMILES string of the molecule is Cc1cc2cc(C(=O)c3cccc(Cl)c3Cl)sc2n1CCN1CCN(C)CC1. The van der Waals surface area contributed by atoms with Crippen LogP contribution >= 0.6 is 34.5 Å². The number of hydrogen-bond donors (Lipinski definition) is 0. The fourth-order valence-electron chi connectivity index (χ4n) is 3.69. The van der Waals surface area contributed by atoms with Crippen molar-refractivity contribution in [2.24, 2.45) is 0 Å². The summed E-state index contributed by atoms with van der Waals surface area (Å²) in [5.41, 5.74) is 1.69. The third-order valence-corrected chi connectivity index (χ3v) is 7.42. The van der Waals surface area contributed by atoms with Crippen molar-refractivity contribution in [3.05, 3.63) is 56.5 Å². The first-order valence-corrected chi connectivity index (χ1v) is 11.0. The molecule has 3 heterocycles. The summed E-state index contributed by atoms with van der Waals surface area (Å²) in [4.78, 5) is 19.7. The summed E-state index contributed by atoms with van der Waals surface area (Å²) in [6, 6.07) is 9.31. The van der Waals surface area contributed by atoms with Crippen molar-refractivity contribution in [3.8, 4) is 0 Å². The van der Waals surface area contributed by atoms with E-state index >= 15 is 0 Å². The van der Waals surface area contributed by atoms with Gasteiger partial charge in [-0.15, -0.1) is 11.3 Å². The predicted octanol–water partition coefficient (Wildman–Crippen LogP) is 4.80. The summed E-state index contributed by atoms with van der Waals surface area (Å²) in [5, 5.41) is 1.84. The normalized spacial score (nSPS) is 16.1. The van der Waals surface area contributed by atoms with E-state index in [1.165, 1.54) is 17.0 Å². The van der Waals surface area contributed by atoms with E-state index in [1.807, 2.05) is 6.07 Å². The number of hydrogen-bond acceptors (Lipinski definition) is 4. The highest BCUT2D eigenvalue weighted by Gasteiger charge is 2.20. The van der Waals surface area contributed by atoms with Crippen LogP contribution in [-0.2, 0) is 6.54 Å². The largest absolute Gasteiger partial charge is 0.335 e. The molecule has 3 aromatic rings. The molecule has 0 radical (unpaired) electrons. The van der Waals surface area contributed by atoms with Crippen molar-refractivity contribution < 1.29 is 4.79 Å². The molecule has 0 aliphatic carbocycles. The number of piperazine rings is 1. The van der Waals surface area contributed by atoms with Crippen LogP contribution in [0, 0.1) is 6.92 Å². The highest BCUT2D eigenvalue weighted by atomic mass is 35.5. The second-order valence-electron chi connectivity index (χ2n) is 7.38. The van der Waals surface area contributed by atoms with Crippen LogP contribution in [0.15, 0.2) is 30.3 Å². The number of fused-ring (bicyclic) bond motifs is 1. The van der Waals surface area contributed by atoms with Crippen LogP contribution in [0.2, 0.25) is 10.0 Å². The molecule has 4 rings (SSSR count). The molecule has 7 heteroatoms. The molecule has 4 nitrogen and oxygen atoms in total. The van der Waals surface area contributed by atoms with Gasteiger partial charge in [0.05, 0.1) is 14.9 Å². The van der Waals surface area contributed by atoms with Gasteiger partial charge in [-0.2, -0.15) is 0 Å². The van der Waals surface area contributed by atoms with Gasteiger partial charge in [0.1, 0.15) is 4.83 Å². The highest BCUT2D eigenvalue weighted by Crippen LogP contribution is 2.33. The number of aromatic nitrogens is 1. The minimum Gasteiger partial charge on any atom is -0.335 e. The Morgan fingerprint density at radius 1 is 1.11 bits per heavy atom. The first kappa shape index (κ1) is 19.9. The van der Waals surface area contributed by atoms with E-state index in [0.717, 1.165) is 49.5 Å². The van der Waals surface area contributed by atoms with Crippen molar-refractivity contribution in [2.45, 2.75) is 13.5 Å². The molecule has 0 saturated carbocycles. The van der Waals surface area contributed by atoms with Crippen molar-refractivity contribution in [1.82, 2.24) is 14.4 Å². The minimum absolute atomic E-state index is 0.0722. The van der Waals surface area contributed by atoms with Crippen LogP contribution in [0.25, 0.3) is 10.2 Å². The van der Waals surface area contributed by atoms with Gasteiger partial charge in [-0.1, -0.05) is 29.3 Å². The van der Waals surface area contributed by atoms with E-state index in [1.54, 1.807) is 18.2 Å². The average molecular weight is 436 g/mol. The van der Waals surface area contributed by atoms with E-state index in [0.29, 0.717) is 20.5 Å². The molecule has 2 aromatic heterocycles. The minimum atomic E-state index is -0.0722. The lowest BCUT2D eigenvalue weighted by atomic mass is 10.1. The zero-order chi connectivity index (χ0) is 19.8. The molecule has 1 aliphatic rings. The number of carbonyl (C=O) groups is 1. The summed E-state index contributed by atoms with van der Waals surface area (Å²) in [7, 11) is 2.17. The van der Waals surface area contributed by atoms with E-state index in [2.05, 4.69) is 34.4 Å². The number of carbonyl (C=O) groups excluding carboxylic acids is 1. The number of benzene rings is 1. The molecule has 1 aliphatic heterocycles. The third kappa shape index (κ3) is 3.87. The Labute approximate surface area is 179 Å². The predicted molar refractivity (Wildman–Crippen MR) is 118 cm³/mol. The molecule has 0 N–H and O–H groups in total. The summed E-state index contributed by atoms with van der Waals surface area (Å²) in [6.07, 6.45) is 0. The van der Waals surface area contributed by atoms with Gasteiger partial charge in [0, 0.05) is 55.9 Å². The lowest BCUT2D eigenvalue weighted by Crippen LogP contribution is -2.45. The fourth-order valence-corrected chi connectivity index (χ4v) is 5.25. The Morgan fingerprint density at radius 2 is 1.86 bits per heavy atom. The molecular weight excluding hydrogens is 413 g/mol. The molecule has 1 saturated heterocycles. The molecule has 148 valence electrons. The van der Waals surface area contributed by atoms with Gasteiger partial charge in [-0.05, 0) is 38.2 Å². The summed E-state index contributed by atoms with van der Waals surface area (Å²) in [6.45, 7) is 8.57. The second-order valence-corrected chi connectivity index (χ2v) is 9.20. The van der Waals surface area contributed by atoms with Crippen LogP contribution in [-0.4, -0.2) is 59.9 Å². The first-order chi connectivity index (χ1) is 13.4. The first-order valence-electron chi connectivity index (χ1n) is 9.43. The van der Waals surface area contributed by atoms with Gasteiger partial charge in [-0.25, -0.2) is 0 Å². The maximum Gasteiger partial charge on any atom is 0.204 e. The molecule has 0 spiro atoms. The van der Waals surface area contributed by atoms with Crippen molar-refractivity contribution in [3.63, 3.8) is 0 Å². The van der Waals surface area contributed by atoms with Crippen LogP contribution in [0.5, 0.6) is 0 Å². The molecule has 1 fully saturated rings. The van der Waals surface area contributed by atoms with Crippen LogP contribution < -0.4 is 0 Å². The van der Waals surface area contributed by atoms with Crippen LogP contribution in [0.1, 0.15) is 20.9 Å². The molecule has 0 unspecified atom stereocenters. The average Bonchev–Trinajstić information content (AvgIpc) is 3.20. The zero-order valence-corrected chi connectivity index (χ0v) is 18.4. The maximum absolute atomic E-state index is 13.0. The second kappa shape index (κ2) is 8.17. The van der Waals surface area contributed by atoms with Crippen LogP contribution in [0.3, 0.4) is 0 Å². The molecule has 1 aromatic carbocycles. The van der Waals surface area contributed by atoms with E-state index in [-0.39, 0.29) is 5.78 Å². The quantitative estimate of drug-likeness (QED) is 0.538. The number of rotatable bonds is 5. The van der Waals surface area contributed by atoms with E-state index in [4.69, 9.17) is 23.2 Å². The fraction of sp³-hybridized carbons (Fsp3) is 0.381. The van der Waals surface area contributed by atoms with Crippen molar-refractivity contribution in [2.75, 3.05) is 39.8 Å². The molecule has 28 heavy (non-hydrogen) atoms. The number of likely N-dealkylation sites (N-methyl/N-ethyl adjacent to an activating group) is 1. The Morgan fingerprint density at radius 3 is 2.61 bits per heavy atom. The molecule has 0 atom stereocenters. The Kier molecular flexibility index (Phi) is 5.81. The van der Waals surface area contributed by atoms with Crippen molar-refractivity contribution >= 4 is 50.5 Å². The monoisotopic (exact) mass is 435 g/mol. The Hall–Kier alpha value is -1.37. The molecular formula is C21H23Cl2N3OS. The Balaban J connectivity index is 1.56. The summed E-state index contributed by atoms with van der Waals surface area (Å²) < 4.78 is 2.33. The zero-order valence-electron chi connectivity index (χ0n) is 16.0. The highest BCUT2D eigenvalue weighted by molar-refractivity contribution is 7.20. The Bertz CT molecular complexity index is 1020. The molecule has 0 amide bonds. The number of nitrogens with zero attached hydrogens (tertiary/aromatic N) is 3. The lowest BCUT2D eigenvalue weighted by molar-refractivity contribution is 0.104. The number of aryl methyl sites for hydroxylation is 1. The van der Waals surface area contributed by atoms with E-state index in [9.17, 15) is 4.79 Å². The van der Waals surface area contributed by atoms with Gasteiger partial charge in [-0.3, -0.25) is 9.69 Å². The molecule has 0 bridgehead atoms. The van der Waals surface area contributed by atoms with Gasteiger partial charge < -0.3 is 9.47 Å². The van der Waals surface area contributed by atoms with Gasteiger partial charge >= 0.3 is 0 Å². The smallest absolute Gasteiger partial charge is 0.204 e. The summed E-state index contributed by atoms with van der Waals surface area (Å²) >= 11 is 13.9. The van der Waals surface area contributed by atoms with Gasteiger partial charge in [0.15, 0.2) is 0 Å².